The van der Waals surface area contributed by atoms with E-state index >= 15 is 0 Å². The fraction of sp³-hybridized carbons (Fsp3) is 0.118. The van der Waals surface area contributed by atoms with Crippen molar-refractivity contribution in [1.82, 2.24) is 9.55 Å². The third kappa shape index (κ3) is 3.42. The van der Waals surface area contributed by atoms with Crippen LogP contribution in [0.4, 0.5) is 0 Å². The largest absolute Gasteiger partial charge is 0.460 e. The maximum Gasteiger partial charge on any atom is 0.339 e. The molecule has 0 radical (unpaired) electrons. The van der Waals surface area contributed by atoms with Gasteiger partial charge in [-0.15, -0.1) is 0 Å². The van der Waals surface area contributed by atoms with Crippen molar-refractivity contribution in [3.8, 4) is 0 Å². The van der Waals surface area contributed by atoms with Crippen LogP contribution in [0.25, 0.3) is 10.9 Å². The van der Waals surface area contributed by atoms with E-state index in [0.29, 0.717) is 16.5 Å². The van der Waals surface area contributed by atoms with Gasteiger partial charge < -0.3 is 4.74 Å². The van der Waals surface area contributed by atoms with Crippen LogP contribution in [0.2, 0.25) is 0 Å². The monoisotopic (exact) mass is 420 g/mol. The summed E-state index contributed by atoms with van der Waals surface area (Å²) >= 11 is 2.09. The number of ether oxygens (including phenoxy) is 1. The summed E-state index contributed by atoms with van der Waals surface area (Å²) in [5.74, 6) is -0.392. The number of hydrogen-bond donors (Lipinski definition) is 0. The maximum atomic E-state index is 12.3. The summed E-state index contributed by atoms with van der Waals surface area (Å²) in [6.07, 6.45) is 1.48. The Hall–Kier alpha value is -2.22. The minimum atomic E-state index is -0.392. The molecule has 0 saturated carbocycles. The lowest BCUT2D eigenvalue weighted by atomic mass is 10.2. The molecule has 3 aromatic rings. The molecule has 0 fully saturated rings. The SMILES string of the molecule is O=C(OCCn1cnc2ccccc2c1=O)c1ccccc1I. The number of nitrogens with zero attached hydrogens (tertiary/aromatic N) is 2. The van der Waals surface area contributed by atoms with E-state index in [0.717, 1.165) is 3.57 Å². The molecule has 0 unspecified atom stereocenters. The van der Waals surface area contributed by atoms with Crippen molar-refractivity contribution >= 4 is 39.5 Å². The lowest BCUT2D eigenvalue weighted by Crippen LogP contribution is -2.23. The molecule has 0 aliphatic carbocycles. The highest BCUT2D eigenvalue weighted by Crippen LogP contribution is 2.12. The Kier molecular flexibility index (Phi) is 4.71. The van der Waals surface area contributed by atoms with Crippen LogP contribution in [0.1, 0.15) is 10.4 Å². The second kappa shape index (κ2) is 6.91. The van der Waals surface area contributed by atoms with Gasteiger partial charge in [-0.3, -0.25) is 9.36 Å². The van der Waals surface area contributed by atoms with E-state index in [1.807, 2.05) is 18.2 Å². The lowest BCUT2D eigenvalue weighted by molar-refractivity contribution is 0.0489. The molecule has 1 aromatic heterocycles. The van der Waals surface area contributed by atoms with Crippen molar-refractivity contribution < 1.29 is 9.53 Å². The maximum absolute atomic E-state index is 12.3. The minimum absolute atomic E-state index is 0.115. The van der Waals surface area contributed by atoms with Crippen LogP contribution in [0.15, 0.2) is 59.7 Å². The van der Waals surface area contributed by atoms with Gasteiger partial charge in [0.1, 0.15) is 6.61 Å². The number of hydrogen-bond acceptors (Lipinski definition) is 4. The third-order valence-electron chi connectivity index (χ3n) is 3.39. The smallest absolute Gasteiger partial charge is 0.339 e. The number of benzene rings is 2. The first-order valence-corrected chi connectivity index (χ1v) is 8.10. The zero-order valence-corrected chi connectivity index (χ0v) is 14.3. The molecule has 0 saturated heterocycles. The highest BCUT2D eigenvalue weighted by Gasteiger charge is 2.11. The second-order valence-corrected chi connectivity index (χ2v) is 6.04. The Bertz CT molecular complexity index is 921. The number of halogens is 1. The normalized spacial score (nSPS) is 10.7. The molecule has 0 aliphatic rings. The van der Waals surface area contributed by atoms with Gasteiger partial charge in [0.15, 0.2) is 0 Å². The van der Waals surface area contributed by atoms with E-state index in [2.05, 4.69) is 27.6 Å². The topological polar surface area (TPSA) is 61.2 Å². The molecule has 0 aliphatic heterocycles. The van der Waals surface area contributed by atoms with E-state index in [4.69, 9.17) is 4.74 Å². The third-order valence-corrected chi connectivity index (χ3v) is 4.33. The van der Waals surface area contributed by atoms with Gasteiger partial charge >= 0.3 is 5.97 Å². The first-order chi connectivity index (χ1) is 11.2. The molecule has 23 heavy (non-hydrogen) atoms. The average Bonchev–Trinajstić information content (AvgIpc) is 2.57. The molecule has 0 spiro atoms. The number of carbonyl (C=O) groups is 1. The fourth-order valence-electron chi connectivity index (χ4n) is 2.21. The summed E-state index contributed by atoms with van der Waals surface area (Å²) in [7, 11) is 0. The number of aromatic nitrogens is 2. The van der Waals surface area contributed by atoms with E-state index in [9.17, 15) is 9.59 Å². The van der Waals surface area contributed by atoms with Gasteiger partial charge in [-0.2, -0.15) is 0 Å². The van der Waals surface area contributed by atoms with Crippen LogP contribution in [0.3, 0.4) is 0 Å². The zero-order chi connectivity index (χ0) is 16.2. The molecule has 116 valence electrons. The van der Waals surface area contributed by atoms with E-state index < -0.39 is 5.97 Å². The van der Waals surface area contributed by atoms with Crippen LogP contribution in [0, 0.1) is 3.57 Å². The predicted molar refractivity (Wildman–Crippen MR) is 95.4 cm³/mol. The Morgan fingerprint density at radius 2 is 1.87 bits per heavy atom. The van der Waals surface area contributed by atoms with Crippen LogP contribution in [0.5, 0.6) is 0 Å². The molecular formula is C17H13IN2O3. The summed E-state index contributed by atoms with van der Waals surface area (Å²) in [4.78, 5) is 28.6. The van der Waals surface area contributed by atoms with Gasteiger partial charge in [0.2, 0.25) is 0 Å². The highest BCUT2D eigenvalue weighted by atomic mass is 127. The van der Waals surface area contributed by atoms with E-state index in [-0.39, 0.29) is 18.7 Å². The van der Waals surface area contributed by atoms with Gasteiger partial charge in [0, 0.05) is 3.57 Å². The minimum Gasteiger partial charge on any atom is -0.460 e. The number of rotatable bonds is 4. The Labute approximate surface area is 146 Å². The van der Waals surface area contributed by atoms with Crippen molar-refractivity contribution in [3.63, 3.8) is 0 Å². The molecule has 0 N–H and O–H groups in total. The zero-order valence-electron chi connectivity index (χ0n) is 12.1. The summed E-state index contributed by atoms with van der Waals surface area (Å²) in [5, 5.41) is 0.555. The van der Waals surface area contributed by atoms with Gasteiger partial charge in [-0.05, 0) is 46.9 Å². The Morgan fingerprint density at radius 3 is 2.70 bits per heavy atom. The molecule has 0 amide bonds. The molecule has 1 heterocycles. The molecule has 0 atom stereocenters. The van der Waals surface area contributed by atoms with Gasteiger partial charge in [0.25, 0.3) is 5.56 Å². The first-order valence-electron chi connectivity index (χ1n) is 7.02. The molecule has 2 aromatic carbocycles. The Morgan fingerprint density at radius 1 is 1.13 bits per heavy atom. The number of esters is 1. The van der Waals surface area contributed by atoms with Gasteiger partial charge in [-0.25, -0.2) is 9.78 Å². The van der Waals surface area contributed by atoms with Crippen LogP contribution < -0.4 is 5.56 Å². The van der Waals surface area contributed by atoms with Crippen LogP contribution >= 0.6 is 22.6 Å². The average molecular weight is 420 g/mol. The van der Waals surface area contributed by atoms with E-state index in [1.54, 1.807) is 30.3 Å². The fourth-order valence-corrected chi connectivity index (χ4v) is 2.81. The van der Waals surface area contributed by atoms with Gasteiger partial charge in [-0.1, -0.05) is 24.3 Å². The summed E-state index contributed by atoms with van der Waals surface area (Å²) < 4.78 is 7.53. The summed E-state index contributed by atoms with van der Waals surface area (Å²) in [5.41, 5.74) is 1.04. The van der Waals surface area contributed by atoms with Crippen molar-refractivity contribution in [2.45, 2.75) is 6.54 Å². The highest BCUT2D eigenvalue weighted by molar-refractivity contribution is 14.1. The predicted octanol–water partition coefficient (Wildman–Crippen LogP) is 2.86. The number of carbonyl (C=O) groups excluding carboxylic acids is 1. The van der Waals surface area contributed by atoms with Crippen molar-refractivity contribution in [1.29, 1.82) is 0 Å². The number of para-hydroxylation sites is 1. The molecule has 6 heteroatoms. The van der Waals surface area contributed by atoms with E-state index in [1.165, 1.54) is 10.9 Å². The second-order valence-electron chi connectivity index (χ2n) is 4.88. The van der Waals surface area contributed by atoms with Gasteiger partial charge in [0.05, 0.1) is 29.3 Å². The lowest BCUT2D eigenvalue weighted by Gasteiger charge is -2.08. The molecule has 5 nitrogen and oxygen atoms in total. The number of fused-ring (bicyclic) bond motifs is 1. The van der Waals surface area contributed by atoms with Crippen LogP contribution in [-0.2, 0) is 11.3 Å². The summed E-state index contributed by atoms with van der Waals surface area (Å²) in [6, 6.07) is 14.4. The summed E-state index contributed by atoms with van der Waals surface area (Å²) in [6.45, 7) is 0.384. The first kappa shape index (κ1) is 15.7. The standard InChI is InChI=1S/C17H13IN2O3/c18-14-7-3-1-5-12(14)17(22)23-10-9-20-11-19-15-8-4-2-6-13(15)16(20)21/h1-8,11H,9-10H2. The van der Waals surface area contributed by atoms with Crippen molar-refractivity contribution in [2.75, 3.05) is 6.61 Å². The molecule has 0 bridgehead atoms. The van der Waals surface area contributed by atoms with Crippen molar-refractivity contribution in [3.05, 3.63) is 74.3 Å². The molecule has 3 rings (SSSR count). The Balaban J connectivity index is 1.70. The molecular weight excluding hydrogens is 407 g/mol. The quantitative estimate of drug-likeness (QED) is 0.481. The van der Waals surface area contributed by atoms with Crippen LogP contribution in [-0.4, -0.2) is 22.1 Å². The van der Waals surface area contributed by atoms with Crippen molar-refractivity contribution in [2.24, 2.45) is 0 Å².